The highest BCUT2D eigenvalue weighted by Gasteiger charge is 2.14. The van der Waals surface area contributed by atoms with Crippen LogP contribution in [-0.4, -0.2) is 15.1 Å². The number of phenols is 1. The van der Waals surface area contributed by atoms with Crippen LogP contribution < -0.4 is 5.56 Å². The first-order valence-electron chi connectivity index (χ1n) is 7.95. The molecule has 4 rings (SSSR count). The summed E-state index contributed by atoms with van der Waals surface area (Å²) in [7, 11) is 0. The van der Waals surface area contributed by atoms with Gasteiger partial charge in [0.05, 0.1) is 10.4 Å². The number of nitrogens with zero attached hydrogens (tertiary/aromatic N) is 1. The number of aromatic nitrogens is 2. The quantitative estimate of drug-likeness (QED) is 0.496. The van der Waals surface area contributed by atoms with Crippen LogP contribution in [0.15, 0.2) is 58.7 Å². The number of thiophene rings is 1. The van der Waals surface area contributed by atoms with Crippen molar-refractivity contribution in [3.8, 4) is 16.9 Å². The van der Waals surface area contributed by atoms with Crippen LogP contribution in [0.1, 0.15) is 11.4 Å². The van der Waals surface area contributed by atoms with Crippen LogP contribution in [0.2, 0.25) is 0 Å². The van der Waals surface area contributed by atoms with Crippen molar-refractivity contribution in [3.63, 3.8) is 0 Å². The Labute approximate surface area is 162 Å². The molecule has 0 spiro atoms. The predicted octanol–water partition coefficient (Wildman–Crippen LogP) is 5.23. The molecule has 7 heteroatoms. The molecule has 4 nitrogen and oxygen atoms in total. The monoisotopic (exact) mass is 398 g/mol. The molecule has 0 aliphatic heterocycles. The van der Waals surface area contributed by atoms with Gasteiger partial charge in [0.1, 0.15) is 16.4 Å². The van der Waals surface area contributed by atoms with Gasteiger partial charge in [0, 0.05) is 10.9 Å². The van der Waals surface area contributed by atoms with Crippen LogP contribution in [0.4, 0.5) is 4.39 Å². The van der Waals surface area contributed by atoms with E-state index in [0.717, 1.165) is 11.1 Å². The molecule has 0 amide bonds. The normalized spacial score (nSPS) is 11.9. The lowest BCUT2D eigenvalue weighted by atomic mass is 10.1. The summed E-state index contributed by atoms with van der Waals surface area (Å²) < 4.78 is 13.2. The SMILES string of the molecule is O=c1[nH]c(/C(Cl)=C/c2ccc(O)cc2)nc2scc(-c3ccc(F)cc3)c12. The first kappa shape index (κ1) is 17.5. The Morgan fingerprint density at radius 1 is 1.15 bits per heavy atom. The number of hydrogen-bond donors (Lipinski definition) is 2. The number of H-pyrrole nitrogens is 1. The molecule has 27 heavy (non-hydrogen) atoms. The first-order valence-corrected chi connectivity index (χ1v) is 9.21. The fourth-order valence-corrected chi connectivity index (χ4v) is 3.85. The molecule has 0 bridgehead atoms. The van der Waals surface area contributed by atoms with Gasteiger partial charge in [-0.05, 0) is 41.5 Å². The fourth-order valence-electron chi connectivity index (χ4n) is 2.69. The lowest BCUT2D eigenvalue weighted by molar-refractivity contribution is 0.475. The number of phenolic OH excluding ortho intramolecular Hbond substituents is 1. The van der Waals surface area contributed by atoms with Crippen LogP contribution in [0.25, 0.3) is 32.5 Å². The number of benzene rings is 2. The molecule has 134 valence electrons. The van der Waals surface area contributed by atoms with Gasteiger partial charge < -0.3 is 10.1 Å². The highest BCUT2D eigenvalue weighted by Crippen LogP contribution is 2.31. The number of fused-ring (bicyclic) bond motifs is 1. The van der Waals surface area contributed by atoms with Crippen molar-refractivity contribution in [2.75, 3.05) is 0 Å². The zero-order chi connectivity index (χ0) is 19.0. The van der Waals surface area contributed by atoms with E-state index in [4.69, 9.17) is 11.6 Å². The van der Waals surface area contributed by atoms with Gasteiger partial charge >= 0.3 is 0 Å². The fraction of sp³-hybridized carbons (Fsp3) is 0. The van der Waals surface area contributed by atoms with Gasteiger partial charge in [-0.15, -0.1) is 11.3 Å². The summed E-state index contributed by atoms with van der Waals surface area (Å²) in [6, 6.07) is 12.5. The van der Waals surface area contributed by atoms with Gasteiger partial charge in [0.2, 0.25) is 0 Å². The van der Waals surface area contributed by atoms with Crippen molar-refractivity contribution in [3.05, 3.63) is 81.5 Å². The van der Waals surface area contributed by atoms with Crippen LogP contribution in [-0.2, 0) is 0 Å². The Kier molecular flexibility index (Phi) is 4.51. The maximum atomic E-state index is 13.2. The van der Waals surface area contributed by atoms with Gasteiger partial charge in [-0.1, -0.05) is 35.9 Å². The summed E-state index contributed by atoms with van der Waals surface area (Å²) in [6.45, 7) is 0. The zero-order valence-electron chi connectivity index (χ0n) is 13.7. The third-order valence-electron chi connectivity index (χ3n) is 4.01. The predicted molar refractivity (Wildman–Crippen MR) is 107 cm³/mol. The number of halogens is 2. The minimum absolute atomic E-state index is 0.156. The van der Waals surface area contributed by atoms with E-state index in [1.807, 2.05) is 5.38 Å². The van der Waals surface area contributed by atoms with Gasteiger partial charge in [-0.25, -0.2) is 9.37 Å². The molecule has 4 aromatic rings. The van der Waals surface area contributed by atoms with Gasteiger partial charge in [0.15, 0.2) is 5.82 Å². The van der Waals surface area contributed by atoms with Crippen molar-refractivity contribution in [1.82, 2.24) is 9.97 Å². The van der Waals surface area contributed by atoms with Gasteiger partial charge in [-0.3, -0.25) is 4.79 Å². The summed E-state index contributed by atoms with van der Waals surface area (Å²) >= 11 is 7.65. The third kappa shape index (κ3) is 3.49. The van der Waals surface area contributed by atoms with E-state index in [2.05, 4.69) is 9.97 Å². The Balaban J connectivity index is 1.78. The van der Waals surface area contributed by atoms with E-state index in [1.54, 1.807) is 42.5 Å². The van der Waals surface area contributed by atoms with Gasteiger partial charge in [0.25, 0.3) is 5.56 Å². The second-order valence-electron chi connectivity index (χ2n) is 5.83. The molecule has 0 saturated heterocycles. The molecule has 0 radical (unpaired) electrons. The minimum atomic E-state index is -0.334. The summed E-state index contributed by atoms with van der Waals surface area (Å²) in [5.74, 6) is 0.0802. The Hall–Kier alpha value is -2.96. The zero-order valence-corrected chi connectivity index (χ0v) is 15.3. The summed E-state index contributed by atoms with van der Waals surface area (Å²) in [4.78, 5) is 20.3. The van der Waals surface area contributed by atoms with E-state index < -0.39 is 0 Å². The van der Waals surface area contributed by atoms with Crippen molar-refractivity contribution in [2.24, 2.45) is 0 Å². The molecule has 2 aromatic heterocycles. The van der Waals surface area contributed by atoms with E-state index in [1.165, 1.54) is 23.5 Å². The standard InChI is InChI=1S/C20H12ClFN2O2S/c21-16(9-11-1-7-14(25)8-2-11)18-23-19(26)17-15(10-27-20(17)24-18)12-3-5-13(22)6-4-12/h1-10,25H,(H,23,24,26)/b16-9-. The minimum Gasteiger partial charge on any atom is -0.508 e. The molecule has 2 heterocycles. The van der Waals surface area contributed by atoms with Crippen molar-refractivity contribution in [2.45, 2.75) is 0 Å². The number of nitrogens with one attached hydrogen (secondary N) is 1. The third-order valence-corrected chi connectivity index (χ3v) is 5.17. The lowest BCUT2D eigenvalue weighted by Gasteiger charge is -2.02. The molecular formula is C20H12ClFN2O2S. The van der Waals surface area contributed by atoms with Crippen molar-refractivity contribution < 1.29 is 9.50 Å². The highest BCUT2D eigenvalue weighted by molar-refractivity contribution is 7.17. The summed E-state index contributed by atoms with van der Waals surface area (Å²) in [6.07, 6.45) is 1.65. The second kappa shape index (κ2) is 6.98. The molecule has 0 aliphatic rings. The van der Waals surface area contributed by atoms with Crippen LogP contribution in [0, 0.1) is 5.82 Å². The molecule has 2 aromatic carbocycles. The number of hydrogen-bond acceptors (Lipinski definition) is 4. The average molecular weight is 399 g/mol. The van der Waals surface area contributed by atoms with E-state index in [9.17, 15) is 14.3 Å². The van der Waals surface area contributed by atoms with E-state index in [-0.39, 0.29) is 28.0 Å². The smallest absolute Gasteiger partial charge is 0.260 e. The lowest BCUT2D eigenvalue weighted by Crippen LogP contribution is -2.10. The first-order chi connectivity index (χ1) is 13.0. The van der Waals surface area contributed by atoms with E-state index >= 15 is 0 Å². The molecule has 0 atom stereocenters. The topological polar surface area (TPSA) is 66.0 Å². The molecule has 0 saturated carbocycles. The largest absolute Gasteiger partial charge is 0.508 e. The van der Waals surface area contributed by atoms with E-state index in [0.29, 0.717) is 15.8 Å². The summed E-state index contributed by atoms with van der Waals surface area (Å²) in [5.41, 5.74) is 1.90. The van der Waals surface area contributed by atoms with Crippen LogP contribution >= 0.6 is 22.9 Å². The second-order valence-corrected chi connectivity index (χ2v) is 7.10. The van der Waals surface area contributed by atoms with Crippen molar-refractivity contribution >= 4 is 44.3 Å². The number of aromatic hydroxyl groups is 1. The van der Waals surface area contributed by atoms with Crippen LogP contribution in [0.5, 0.6) is 5.75 Å². The number of rotatable bonds is 3. The van der Waals surface area contributed by atoms with Gasteiger partial charge in [-0.2, -0.15) is 0 Å². The Morgan fingerprint density at radius 3 is 2.56 bits per heavy atom. The molecule has 0 fully saturated rings. The average Bonchev–Trinajstić information content (AvgIpc) is 3.09. The maximum Gasteiger partial charge on any atom is 0.260 e. The number of aromatic amines is 1. The molecule has 0 aliphatic carbocycles. The molecular weight excluding hydrogens is 387 g/mol. The Bertz CT molecular complexity index is 1210. The molecule has 2 N–H and O–H groups in total. The Morgan fingerprint density at radius 2 is 1.85 bits per heavy atom. The van der Waals surface area contributed by atoms with Crippen molar-refractivity contribution in [1.29, 1.82) is 0 Å². The maximum absolute atomic E-state index is 13.2. The molecule has 0 unspecified atom stereocenters. The van der Waals surface area contributed by atoms with Crippen LogP contribution in [0.3, 0.4) is 0 Å². The highest BCUT2D eigenvalue weighted by atomic mass is 35.5. The summed E-state index contributed by atoms with van der Waals surface area (Å²) in [5, 5.41) is 11.9.